The first-order chi connectivity index (χ1) is 7.52. The largest absolute Gasteiger partial charge is 0.461 e. The molecule has 0 atom stereocenters. The molecule has 0 radical (unpaired) electrons. The molecule has 0 aromatic heterocycles. The number of nitrogen functional groups attached to an aromatic ring is 1. The molecule has 0 saturated carbocycles. The van der Waals surface area contributed by atoms with E-state index in [0.29, 0.717) is 23.7 Å². The Hall–Kier alpha value is -1.26. The Labute approximate surface area is 99.9 Å². The van der Waals surface area contributed by atoms with Gasteiger partial charge in [-0.25, -0.2) is 4.79 Å². The minimum atomic E-state index is -0.443. The van der Waals surface area contributed by atoms with Gasteiger partial charge in [0.15, 0.2) is 0 Å². The summed E-state index contributed by atoms with van der Waals surface area (Å²) < 4.78 is 5.06. The molecule has 0 aliphatic heterocycles. The molecule has 1 aromatic carbocycles. The Bertz CT molecular complexity index is 380. The van der Waals surface area contributed by atoms with E-state index in [0.717, 1.165) is 0 Å². The lowest BCUT2D eigenvalue weighted by molar-refractivity contribution is 0.0483. The predicted octanol–water partition coefficient (Wildman–Crippen LogP) is 1.64. The molecule has 1 rings (SSSR count). The van der Waals surface area contributed by atoms with E-state index in [1.54, 1.807) is 18.2 Å². The van der Waals surface area contributed by atoms with Crippen LogP contribution in [0.25, 0.3) is 0 Å². The first-order valence-electron chi connectivity index (χ1n) is 4.88. The monoisotopic (exact) mass is 242 g/mol. The summed E-state index contributed by atoms with van der Waals surface area (Å²) in [5, 5.41) is 0.363. The van der Waals surface area contributed by atoms with Crippen LogP contribution < -0.4 is 5.73 Å². The molecule has 0 bridgehead atoms. The molecule has 2 N–H and O–H groups in total. The number of halogens is 1. The van der Waals surface area contributed by atoms with Gasteiger partial charge in [0, 0.05) is 6.54 Å². The number of para-hydroxylation sites is 1. The van der Waals surface area contributed by atoms with Gasteiger partial charge in [-0.15, -0.1) is 0 Å². The summed E-state index contributed by atoms with van der Waals surface area (Å²) in [6.07, 6.45) is 0. The Kier molecular flexibility index (Phi) is 4.58. The van der Waals surface area contributed by atoms with Gasteiger partial charge in [0.2, 0.25) is 0 Å². The van der Waals surface area contributed by atoms with Gasteiger partial charge in [-0.3, -0.25) is 0 Å². The zero-order chi connectivity index (χ0) is 12.1. The standard InChI is InChI=1S/C11H15ClN2O2/c1-14(2)6-7-16-11(15)8-4-3-5-9(12)10(8)13/h3-5H,6-7,13H2,1-2H3. The van der Waals surface area contributed by atoms with Crippen LogP contribution in [-0.2, 0) is 4.74 Å². The Balaban J connectivity index is 2.63. The number of rotatable bonds is 4. The molecule has 0 saturated heterocycles. The second-order valence-corrected chi connectivity index (χ2v) is 4.05. The van der Waals surface area contributed by atoms with Crippen LogP contribution in [0.5, 0.6) is 0 Å². The van der Waals surface area contributed by atoms with E-state index < -0.39 is 5.97 Å². The molecule has 0 fully saturated rings. The van der Waals surface area contributed by atoms with E-state index in [4.69, 9.17) is 22.1 Å². The Morgan fingerprint density at radius 1 is 1.50 bits per heavy atom. The summed E-state index contributed by atoms with van der Waals surface area (Å²) >= 11 is 5.80. The molecule has 16 heavy (non-hydrogen) atoms. The Morgan fingerprint density at radius 3 is 2.81 bits per heavy atom. The fraction of sp³-hybridized carbons (Fsp3) is 0.364. The lowest BCUT2D eigenvalue weighted by Gasteiger charge is -2.11. The van der Waals surface area contributed by atoms with Gasteiger partial charge in [-0.1, -0.05) is 17.7 Å². The van der Waals surface area contributed by atoms with Gasteiger partial charge in [-0.2, -0.15) is 0 Å². The average molecular weight is 243 g/mol. The van der Waals surface area contributed by atoms with E-state index in [1.165, 1.54) is 0 Å². The number of hydrogen-bond donors (Lipinski definition) is 1. The fourth-order valence-corrected chi connectivity index (χ4v) is 1.29. The van der Waals surface area contributed by atoms with Crippen molar-refractivity contribution >= 4 is 23.3 Å². The van der Waals surface area contributed by atoms with Gasteiger partial charge in [-0.05, 0) is 26.2 Å². The van der Waals surface area contributed by atoms with Crippen LogP contribution in [0.3, 0.4) is 0 Å². The molecule has 0 aliphatic carbocycles. The van der Waals surface area contributed by atoms with Crippen LogP contribution in [0.1, 0.15) is 10.4 Å². The third kappa shape index (κ3) is 3.40. The average Bonchev–Trinajstić information content (AvgIpc) is 2.21. The van der Waals surface area contributed by atoms with Crippen LogP contribution in [0.15, 0.2) is 18.2 Å². The molecule has 0 heterocycles. The number of benzene rings is 1. The molecule has 0 amide bonds. The van der Waals surface area contributed by atoms with E-state index in [-0.39, 0.29) is 5.69 Å². The van der Waals surface area contributed by atoms with Crippen LogP contribution in [0.4, 0.5) is 5.69 Å². The van der Waals surface area contributed by atoms with Crippen molar-refractivity contribution < 1.29 is 9.53 Å². The third-order valence-corrected chi connectivity index (χ3v) is 2.37. The van der Waals surface area contributed by atoms with Crippen LogP contribution >= 0.6 is 11.6 Å². The summed E-state index contributed by atoms with van der Waals surface area (Å²) in [7, 11) is 3.81. The topological polar surface area (TPSA) is 55.6 Å². The van der Waals surface area contributed by atoms with E-state index in [9.17, 15) is 4.79 Å². The minimum Gasteiger partial charge on any atom is -0.461 e. The number of esters is 1. The maximum Gasteiger partial charge on any atom is 0.340 e. The van der Waals surface area contributed by atoms with E-state index in [2.05, 4.69) is 0 Å². The maximum atomic E-state index is 11.6. The Morgan fingerprint density at radius 2 is 2.19 bits per heavy atom. The van der Waals surface area contributed by atoms with Crippen molar-refractivity contribution in [2.45, 2.75) is 0 Å². The van der Waals surface area contributed by atoms with Crippen molar-refractivity contribution in [2.24, 2.45) is 0 Å². The molecule has 0 spiro atoms. The lowest BCUT2D eigenvalue weighted by Crippen LogP contribution is -2.20. The summed E-state index contributed by atoms with van der Waals surface area (Å²) in [6.45, 7) is 1.00. The van der Waals surface area contributed by atoms with Crippen molar-refractivity contribution in [1.82, 2.24) is 4.90 Å². The van der Waals surface area contributed by atoms with Crippen molar-refractivity contribution in [3.8, 4) is 0 Å². The highest BCUT2D eigenvalue weighted by Gasteiger charge is 2.12. The quantitative estimate of drug-likeness (QED) is 0.644. The van der Waals surface area contributed by atoms with Gasteiger partial charge in [0.25, 0.3) is 0 Å². The summed E-state index contributed by atoms with van der Waals surface area (Å²) in [5.74, 6) is -0.443. The molecule has 5 heteroatoms. The highest BCUT2D eigenvalue weighted by atomic mass is 35.5. The van der Waals surface area contributed by atoms with Crippen molar-refractivity contribution in [2.75, 3.05) is 33.0 Å². The normalized spacial score (nSPS) is 10.5. The number of likely N-dealkylation sites (N-methyl/N-ethyl adjacent to an activating group) is 1. The fourth-order valence-electron chi connectivity index (χ4n) is 1.11. The summed E-state index contributed by atoms with van der Waals surface area (Å²) in [5.41, 5.74) is 6.25. The van der Waals surface area contributed by atoms with Crippen molar-refractivity contribution in [3.63, 3.8) is 0 Å². The number of carbonyl (C=O) groups is 1. The molecular formula is C11H15ClN2O2. The van der Waals surface area contributed by atoms with Gasteiger partial charge in [0.05, 0.1) is 16.3 Å². The van der Waals surface area contributed by atoms with Crippen molar-refractivity contribution in [3.05, 3.63) is 28.8 Å². The molecule has 0 aliphatic rings. The summed E-state index contributed by atoms with van der Waals surface area (Å²) in [4.78, 5) is 13.5. The van der Waals surface area contributed by atoms with Gasteiger partial charge >= 0.3 is 5.97 Å². The highest BCUT2D eigenvalue weighted by Crippen LogP contribution is 2.22. The van der Waals surface area contributed by atoms with Gasteiger partial charge < -0.3 is 15.4 Å². The number of ether oxygens (including phenoxy) is 1. The zero-order valence-corrected chi connectivity index (χ0v) is 10.1. The molecular weight excluding hydrogens is 228 g/mol. The molecule has 1 aromatic rings. The minimum absolute atomic E-state index is 0.263. The van der Waals surface area contributed by atoms with Crippen molar-refractivity contribution in [1.29, 1.82) is 0 Å². The third-order valence-electron chi connectivity index (χ3n) is 2.04. The second kappa shape index (κ2) is 5.72. The van der Waals surface area contributed by atoms with E-state index in [1.807, 2.05) is 19.0 Å². The number of carbonyl (C=O) groups excluding carboxylic acids is 1. The number of nitrogens with zero attached hydrogens (tertiary/aromatic N) is 1. The van der Waals surface area contributed by atoms with Crippen LogP contribution in [0.2, 0.25) is 5.02 Å². The first-order valence-corrected chi connectivity index (χ1v) is 5.26. The number of hydrogen-bond acceptors (Lipinski definition) is 4. The maximum absolute atomic E-state index is 11.6. The molecule has 4 nitrogen and oxygen atoms in total. The number of anilines is 1. The van der Waals surface area contributed by atoms with E-state index >= 15 is 0 Å². The first kappa shape index (κ1) is 12.8. The zero-order valence-electron chi connectivity index (χ0n) is 9.37. The molecule has 0 unspecified atom stereocenters. The van der Waals surface area contributed by atoms with Crippen LogP contribution in [0, 0.1) is 0 Å². The smallest absolute Gasteiger partial charge is 0.340 e. The number of nitrogens with two attached hydrogens (primary N) is 1. The summed E-state index contributed by atoms with van der Waals surface area (Å²) in [6, 6.07) is 4.90. The van der Waals surface area contributed by atoms with Gasteiger partial charge in [0.1, 0.15) is 6.61 Å². The predicted molar refractivity (Wildman–Crippen MR) is 64.7 cm³/mol. The van der Waals surface area contributed by atoms with Crippen LogP contribution in [-0.4, -0.2) is 38.1 Å². The SMILES string of the molecule is CN(C)CCOC(=O)c1cccc(Cl)c1N. The highest BCUT2D eigenvalue weighted by molar-refractivity contribution is 6.33. The lowest BCUT2D eigenvalue weighted by atomic mass is 10.2. The molecule has 88 valence electrons. The second-order valence-electron chi connectivity index (χ2n) is 3.64.